The second-order valence-corrected chi connectivity index (χ2v) is 2.72. The molecule has 70 valence electrons. The van der Waals surface area contributed by atoms with Crippen molar-refractivity contribution in [3.8, 4) is 5.75 Å². The number of rotatable bonds is 3. The maximum atomic E-state index is 13.3. The minimum absolute atomic E-state index is 0.0449. The first-order chi connectivity index (χ1) is 6.19. The van der Waals surface area contributed by atoms with Crippen molar-refractivity contribution in [2.45, 2.75) is 13.8 Å². The second-order valence-electron chi connectivity index (χ2n) is 2.72. The Hall–Kier alpha value is -1.38. The summed E-state index contributed by atoms with van der Waals surface area (Å²) >= 11 is 0. The van der Waals surface area contributed by atoms with Gasteiger partial charge in [-0.15, -0.1) is 0 Å². The quantitative estimate of drug-likeness (QED) is 0.670. The van der Waals surface area contributed by atoms with Gasteiger partial charge in [-0.25, -0.2) is 4.39 Å². The highest BCUT2D eigenvalue weighted by Crippen LogP contribution is 2.21. The SMILES string of the molecule is CCOc1cc(C)cc(C=O)c1F. The van der Waals surface area contributed by atoms with E-state index in [1.165, 1.54) is 6.07 Å². The molecule has 0 aliphatic carbocycles. The van der Waals surface area contributed by atoms with Crippen LogP contribution < -0.4 is 4.74 Å². The molecule has 0 saturated heterocycles. The van der Waals surface area contributed by atoms with Crippen molar-refractivity contribution in [3.05, 3.63) is 29.1 Å². The molecule has 0 aliphatic rings. The number of aldehydes is 1. The number of aryl methyl sites for hydroxylation is 1. The Morgan fingerprint density at radius 1 is 1.54 bits per heavy atom. The Kier molecular flexibility index (Phi) is 3.01. The van der Waals surface area contributed by atoms with E-state index >= 15 is 0 Å². The zero-order valence-corrected chi connectivity index (χ0v) is 7.63. The third kappa shape index (κ3) is 2.05. The number of carbonyl (C=O) groups excluding carboxylic acids is 1. The van der Waals surface area contributed by atoms with Crippen molar-refractivity contribution in [1.29, 1.82) is 0 Å². The van der Waals surface area contributed by atoms with Gasteiger partial charge in [-0.05, 0) is 31.5 Å². The van der Waals surface area contributed by atoms with Gasteiger partial charge >= 0.3 is 0 Å². The van der Waals surface area contributed by atoms with E-state index in [4.69, 9.17) is 4.74 Å². The Morgan fingerprint density at radius 3 is 2.77 bits per heavy atom. The van der Waals surface area contributed by atoms with Crippen molar-refractivity contribution in [3.63, 3.8) is 0 Å². The molecule has 0 unspecified atom stereocenters. The molecule has 0 fully saturated rings. The van der Waals surface area contributed by atoms with Crippen molar-refractivity contribution in [2.75, 3.05) is 6.61 Å². The molecule has 0 radical (unpaired) electrons. The van der Waals surface area contributed by atoms with Gasteiger partial charge < -0.3 is 4.74 Å². The fraction of sp³-hybridized carbons (Fsp3) is 0.300. The average molecular weight is 182 g/mol. The number of hydrogen-bond acceptors (Lipinski definition) is 2. The number of benzene rings is 1. The van der Waals surface area contributed by atoms with E-state index in [0.717, 1.165) is 5.56 Å². The molecule has 13 heavy (non-hydrogen) atoms. The molecule has 2 nitrogen and oxygen atoms in total. The monoisotopic (exact) mass is 182 g/mol. The van der Waals surface area contributed by atoms with Crippen LogP contribution in [-0.4, -0.2) is 12.9 Å². The van der Waals surface area contributed by atoms with Crippen molar-refractivity contribution in [1.82, 2.24) is 0 Å². The first-order valence-corrected chi connectivity index (χ1v) is 4.07. The van der Waals surface area contributed by atoms with E-state index in [1.807, 2.05) is 0 Å². The molecule has 1 aromatic carbocycles. The third-order valence-corrected chi connectivity index (χ3v) is 1.64. The predicted octanol–water partition coefficient (Wildman–Crippen LogP) is 2.35. The standard InChI is InChI=1S/C10H11FO2/c1-3-13-9-5-7(2)4-8(6-12)10(9)11/h4-6H,3H2,1-2H3. The number of ether oxygens (including phenoxy) is 1. The summed E-state index contributed by atoms with van der Waals surface area (Å²) in [6.45, 7) is 3.94. The Bertz CT molecular complexity index is 321. The molecule has 0 N–H and O–H groups in total. The van der Waals surface area contributed by atoms with Gasteiger partial charge in [0.2, 0.25) is 0 Å². The average Bonchev–Trinajstić information content (AvgIpc) is 2.11. The Balaban J connectivity index is 3.18. The molecule has 0 aromatic heterocycles. The molecule has 0 heterocycles. The summed E-state index contributed by atoms with van der Waals surface area (Å²) in [4.78, 5) is 10.4. The first-order valence-electron chi connectivity index (χ1n) is 4.07. The molecule has 0 saturated carbocycles. The van der Waals surface area contributed by atoms with Gasteiger partial charge in [-0.1, -0.05) is 0 Å². The summed E-state index contributed by atoms with van der Waals surface area (Å²) < 4.78 is 18.3. The highest BCUT2D eigenvalue weighted by molar-refractivity contribution is 5.76. The maximum absolute atomic E-state index is 13.3. The Morgan fingerprint density at radius 2 is 2.23 bits per heavy atom. The van der Waals surface area contributed by atoms with Crippen LogP contribution in [0.5, 0.6) is 5.75 Å². The van der Waals surface area contributed by atoms with Gasteiger partial charge in [0.15, 0.2) is 17.9 Å². The van der Waals surface area contributed by atoms with Crippen LogP contribution in [0.2, 0.25) is 0 Å². The second kappa shape index (κ2) is 4.03. The molecule has 0 spiro atoms. The summed E-state index contributed by atoms with van der Waals surface area (Å²) in [5.41, 5.74) is 0.857. The van der Waals surface area contributed by atoms with Crippen LogP contribution in [0.1, 0.15) is 22.8 Å². The first kappa shape index (κ1) is 9.71. The van der Waals surface area contributed by atoms with E-state index in [0.29, 0.717) is 12.9 Å². The largest absolute Gasteiger partial charge is 0.491 e. The summed E-state index contributed by atoms with van der Waals surface area (Å²) in [6.07, 6.45) is 0.491. The predicted molar refractivity (Wildman–Crippen MR) is 47.7 cm³/mol. The van der Waals surface area contributed by atoms with Gasteiger partial charge in [0.1, 0.15) is 0 Å². The molecule has 1 rings (SSSR count). The van der Waals surface area contributed by atoms with Gasteiger partial charge in [0, 0.05) is 0 Å². The lowest BCUT2D eigenvalue weighted by atomic mass is 10.1. The van der Waals surface area contributed by atoms with E-state index in [9.17, 15) is 9.18 Å². The summed E-state index contributed by atoms with van der Waals surface area (Å²) in [5.74, 6) is -0.438. The minimum Gasteiger partial charge on any atom is -0.491 e. The van der Waals surface area contributed by atoms with Crippen LogP contribution in [-0.2, 0) is 0 Å². The minimum atomic E-state index is -0.581. The van der Waals surface area contributed by atoms with Crippen LogP contribution in [0.15, 0.2) is 12.1 Å². The molecule has 0 amide bonds. The molecule has 0 aliphatic heterocycles. The summed E-state index contributed by atoms with van der Waals surface area (Å²) in [7, 11) is 0. The van der Waals surface area contributed by atoms with E-state index in [2.05, 4.69) is 0 Å². The summed E-state index contributed by atoms with van der Waals surface area (Å²) in [6, 6.07) is 3.07. The number of halogens is 1. The van der Waals surface area contributed by atoms with Gasteiger partial charge in [0.25, 0.3) is 0 Å². The maximum Gasteiger partial charge on any atom is 0.175 e. The molecule has 3 heteroatoms. The van der Waals surface area contributed by atoms with Crippen molar-refractivity contribution < 1.29 is 13.9 Å². The fourth-order valence-electron chi connectivity index (χ4n) is 1.11. The molecule has 0 atom stereocenters. The number of hydrogen-bond donors (Lipinski definition) is 0. The van der Waals surface area contributed by atoms with Crippen LogP contribution in [0, 0.1) is 12.7 Å². The fourth-order valence-corrected chi connectivity index (χ4v) is 1.11. The molecule has 1 aromatic rings. The lowest BCUT2D eigenvalue weighted by Gasteiger charge is -2.06. The Labute approximate surface area is 76.3 Å². The van der Waals surface area contributed by atoms with Crippen molar-refractivity contribution in [2.24, 2.45) is 0 Å². The zero-order valence-electron chi connectivity index (χ0n) is 7.63. The van der Waals surface area contributed by atoms with Crippen molar-refractivity contribution >= 4 is 6.29 Å². The summed E-state index contributed by atoms with van der Waals surface area (Å²) in [5, 5.41) is 0. The van der Waals surface area contributed by atoms with Gasteiger partial charge in [-0.3, -0.25) is 4.79 Å². The van der Waals surface area contributed by atoms with Crippen LogP contribution in [0.3, 0.4) is 0 Å². The van der Waals surface area contributed by atoms with E-state index < -0.39 is 5.82 Å². The van der Waals surface area contributed by atoms with Crippen LogP contribution in [0.4, 0.5) is 4.39 Å². The zero-order chi connectivity index (χ0) is 9.84. The lowest BCUT2D eigenvalue weighted by Crippen LogP contribution is -1.98. The molecular formula is C10H11FO2. The third-order valence-electron chi connectivity index (χ3n) is 1.64. The van der Waals surface area contributed by atoms with Crippen LogP contribution >= 0.6 is 0 Å². The highest BCUT2D eigenvalue weighted by Gasteiger charge is 2.09. The topological polar surface area (TPSA) is 26.3 Å². The molecule has 0 bridgehead atoms. The van der Waals surface area contributed by atoms with Gasteiger partial charge in [-0.2, -0.15) is 0 Å². The highest BCUT2D eigenvalue weighted by atomic mass is 19.1. The number of carbonyl (C=O) groups is 1. The van der Waals surface area contributed by atoms with E-state index in [-0.39, 0.29) is 11.3 Å². The van der Waals surface area contributed by atoms with E-state index in [1.54, 1.807) is 19.9 Å². The van der Waals surface area contributed by atoms with Crippen LogP contribution in [0.25, 0.3) is 0 Å². The lowest BCUT2D eigenvalue weighted by molar-refractivity contribution is 0.111. The normalized spacial score (nSPS) is 9.77. The smallest absolute Gasteiger partial charge is 0.175 e. The van der Waals surface area contributed by atoms with Gasteiger partial charge in [0.05, 0.1) is 12.2 Å². The molecular weight excluding hydrogens is 171 g/mol.